The predicted octanol–water partition coefficient (Wildman–Crippen LogP) is -0.847. The Morgan fingerprint density at radius 3 is 1.32 bits per heavy atom. The van der Waals surface area contributed by atoms with Gasteiger partial charge in [-0.25, -0.2) is 41.5 Å². The van der Waals surface area contributed by atoms with Crippen LogP contribution in [0, 0.1) is 23.7 Å². The highest BCUT2D eigenvalue weighted by atomic mass is 31.3. The molecule has 0 amide bonds. The number of ether oxygens (including phenoxy) is 2. The summed E-state index contributed by atoms with van der Waals surface area (Å²) in [5.74, 6) is 9.96. The summed E-state index contributed by atoms with van der Waals surface area (Å²) in [6.45, 7) is -1.05. The van der Waals surface area contributed by atoms with E-state index in [-0.39, 0.29) is 62.0 Å². The van der Waals surface area contributed by atoms with E-state index >= 15 is 0 Å². The molecule has 2 aliphatic heterocycles. The first-order valence-electron chi connectivity index (χ1n) is 19.5. The fourth-order valence-corrected chi connectivity index (χ4v) is 12.7. The lowest BCUT2D eigenvalue weighted by Gasteiger charge is -2.19. The van der Waals surface area contributed by atoms with Crippen molar-refractivity contribution in [3.8, 4) is 23.7 Å². The van der Waals surface area contributed by atoms with Crippen LogP contribution in [0.25, 0.3) is 0 Å². The van der Waals surface area contributed by atoms with Gasteiger partial charge in [-0.1, -0.05) is 31.1 Å². The number of phosphoric acid groups is 7. The van der Waals surface area contributed by atoms with Crippen LogP contribution in [-0.2, 0) is 76.8 Å². The van der Waals surface area contributed by atoms with Crippen LogP contribution in [0.4, 0.5) is 11.6 Å². The molecule has 11 atom stereocenters. The first-order chi connectivity index (χ1) is 33.5. The minimum absolute atomic E-state index is 0. The Hall–Kier alpha value is -2.56. The number of hydrogen-bond donors (Lipinski definition) is 15. The number of aliphatic hydroxyl groups is 2. The number of nitrogens with two attached hydrogens (primary N) is 2. The lowest BCUT2D eigenvalue weighted by Crippen LogP contribution is -2.29. The number of hydrogen-bond acceptors (Lipinski definition) is 25. The van der Waals surface area contributed by atoms with E-state index in [0.29, 0.717) is 6.42 Å². The zero-order valence-electron chi connectivity index (χ0n) is 37.1. The SMILES string of the molecule is C.CP(=O)(O)CCCC#Cc1cn(C2CC(O)C(COP(=O)(O)OP(=O)(O)OP(=O)(O)O)O2)c(=O)nc1N.Nc1nc(=O)n(C2CC(O)C(COP(=O)(O)OP(=O)(O)OP(=O)(O)O)O2)cc1C#CCCOP(=O)(O)O. The quantitative estimate of drug-likeness (QED) is 0.0388. The van der Waals surface area contributed by atoms with E-state index < -0.39 is 130 Å². The van der Waals surface area contributed by atoms with E-state index in [1.165, 1.54) is 12.9 Å². The van der Waals surface area contributed by atoms with E-state index in [4.69, 9.17) is 60.1 Å². The molecule has 0 aliphatic carbocycles. The van der Waals surface area contributed by atoms with E-state index in [1.807, 2.05) is 0 Å². The Morgan fingerprint density at radius 1 is 0.600 bits per heavy atom. The number of nitrogen functional groups attached to an aromatic ring is 2. The molecule has 2 fully saturated rings. The highest BCUT2D eigenvalue weighted by Crippen LogP contribution is 2.67. The number of rotatable bonds is 22. The highest BCUT2D eigenvalue weighted by Gasteiger charge is 2.45. The first kappa shape index (κ1) is 68.5. The van der Waals surface area contributed by atoms with Crippen LogP contribution in [0.1, 0.15) is 63.1 Å². The molecule has 2 aromatic rings. The second-order valence-electron chi connectivity index (χ2n) is 14.7. The van der Waals surface area contributed by atoms with E-state index in [1.54, 1.807) is 0 Å². The molecule has 4 rings (SSSR count). The number of anilines is 2. The molecule has 0 radical (unpaired) electrons. The van der Waals surface area contributed by atoms with Gasteiger partial charge in [-0.3, -0.25) is 27.3 Å². The van der Waals surface area contributed by atoms with Crippen molar-refractivity contribution in [2.45, 2.75) is 76.4 Å². The molecule has 2 saturated heterocycles. The summed E-state index contributed by atoms with van der Waals surface area (Å²) in [5, 5.41) is 20.4. The van der Waals surface area contributed by atoms with Crippen LogP contribution in [0.5, 0.6) is 0 Å². The molecule has 0 spiro atoms. The summed E-state index contributed by atoms with van der Waals surface area (Å²) in [7, 11) is -41.4. The van der Waals surface area contributed by atoms with Crippen LogP contribution in [0.2, 0.25) is 0 Å². The summed E-state index contributed by atoms with van der Waals surface area (Å²) < 4.78 is 130. The average Bonchev–Trinajstić information content (AvgIpc) is 3.74. The Morgan fingerprint density at radius 2 is 0.973 bits per heavy atom. The third-order valence-electron chi connectivity index (χ3n) is 8.43. The summed E-state index contributed by atoms with van der Waals surface area (Å²) >= 11 is 0. The predicted molar refractivity (Wildman–Crippen MR) is 247 cm³/mol. The third-order valence-corrected chi connectivity index (χ3v) is 17.7. The summed E-state index contributed by atoms with van der Waals surface area (Å²) in [6, 6.07) is 0. The molecule has 2 aromatic heterocycles. The lowest BCUT2D eigenvalue weighted by molar-refractivity contribution is -0.0450. The van der Waals surface area contributed by atoms with Crippen molar-refractivity contribution in [3.63, 3.8) is 0 Å². The van der Waals surface area contributed by atoms with Crippen molar-refractivity contribution in [3.05, 3.63) is 44.5 Å². The highest BCUT2D eigenvalue weighted by molar-refractivity contribution is 7.67. The Bertz CT molecular complexity index is 2790. The van der Waals surface area contributed by atoms with Gasteiger partial charge in [-0.05, 0) is 6.42 Å². The maximum absolute atomic E-state index is 12.3. The number of unbranched alkanes of at least 4 members (excludes halogenated alkanes) is 1. The second-order valence-corrected chi connectivity index (χ2v) is 27.3. The molecule has 75 heavy (non-hydrogen) atoms. The molecule has 0 aromatic carbocycles. The number of phosphoric ester groups is 3. The second kappa shape index (κ2) is 27.5. The van der Waals surface area contributed by atoms with E-state index in [0.717, 1.165) is 15.3 Å². The molecule has 46 heteroatoms. The van der Waals surface area contributed by atoms with Crippen LogP contribution < -0.4 is 22.8 Å². The van der Waals surface area contributed by atoms with Crippen molar-refractivity contribution in [1.29, 1.82) is 0 Å². The monoisotopic (exact) mass is 1240 g/mol. The van der Waals surface area contributed by atoms with Gasteiger partial charge >= 0.3 is 66.1 Å². The lowest BCUT2D eigenvalue weighted by atomic mass is 10.2. The van der Waals surface area contributed by atoms with Crippen molar-refractivity contribution in [2.24, 2.45) is 0 Å². The smallest absolute Gasteiger partial charge is 0.390 e. The Balaban J connectivity index is 0.000000507. The van der Waals surface area contributed by atoms with Crippen molar-refractivity contribution >= 4 is 73.8 Å². The maximum atomic E-state index is 12.3. The van der Waals surface area contributed by atoms with Gasteiger partial charge in [-0.15, -0.1) is 0 Å². The molecule has 0 bridgehead atoms. The maximum Gasteiger partial charge on any atom is 0.490 e. The number of aliphatic hydroxyl groups excluding tert-OH is 2. The fourth-order valence-electron chi connectivity index (χ4n) is 5.57. The molecule has 4 heterocycles. The van der Waals surface area contributed by atoms with E-state index in [2.05, 4.69) is 64.5 Å². The van der Waals surface area contributed by atoms with Crippen LogP contribution in [0.15, 0.2) is 22.0 Å². The van der Waals surface area contributed by atoms with Gasteiger partial charge in [-0.2, -0.15) is 27.2 Å². The van der Waals surface area contributed by atoms with Crippen molar-refractivity contribution < 1.29 is 141 Å². The van der Waals surface area contributed by atoms with Gasteiger partial charge in [0, 0.05) is 50.9 Å². The normalized spacial score (nSPS) is 23.9. The number of nitrogens with zero attached hydrogens (tertiary/aromatic N) is 4. The van der Waals surface area contributed by atoms with Gasteiger partial charge in [0.15, 0.2) is 7.37 Å². The topological polar surface area (TPSA) is 604 Å². The zero-order chi connectivity index (χ0) is 56.5. The first-order valence-corrected chi connectivity index (χ1v) is 32.4. The van der Waals surface area contributed by atoms with Crippen molar-refractivity contribution in [1.82, 2.24) is 19.1 Å². The van der Waals surface area contributed by atoms with Gasteiger partial charge in [0.1, 0.15) is 36.3 Å². The summed E-state index contributed by atoms with van der Waals surface area (Å²) in [5.41, 5.74) is 9.68. The Labute approximate surface area is 421 Å². The minimum Gasteiger partial charge on any atom is -0.390 e. The molecule has 17 N–H and O–H groups in total. The van der Waals surface area contributed by atoms with Crippen LogP contribution in [-0.4, -0.2) is 140 Å². The summed E-state index contributed by atoms with van der Waals surface area (Å²) in [6.07, 6.45) is -5.57. The molecule has 428 valence electrons. The molecule has 0 saturated carbocycles. The number of aromatic nitrogens is 4. The molecule has 38 nitrogen and oxygen atoms in total. The molecule has 2 aliphatic rings. The molecule has 11 unspecified atom stereocenters. The third kappa shape index (κ3) is 25.8. The summed E-state index contributed by atoms with van der Waals surface area (Å²) in [4.78, 5) is 130. The van der Waals surface area contributed by atoms with E-state index in [9.17, 15) is 71.0 Å². The molecular weight excluding hydrogens is 1190 g/mol. The molecular formula is C29H50N6O32P8. The van der Waals surface area contributed by atoms with Crippen LogP contribution in [0.3, 0.4) is 0 Å². The Kier molecular flexibility index (Phi) is 25.2. The van der Waals surface area contributed by atoms with Gasteiger partial charge < -0.3 is 85.0 Å². The zero-order valence-corrected chi connectivity index (χ0v) is 44.2. The van der Waals surface area contributed by atoms with Crippen molar-refractivity contribution in [2.75, 3.05) is 44.1 Å². The minimum atomic E-state index is -5.74. The standard InChI is InChI=1S/C15H25N3O15P4.C13H21N3O17P4.CH4/c1-34(21,22)6-4-2-3-5-10-8-18(15(20)17-14(10)16)13-7-11(19)12(31-13)9-30-36(26,27)33-37(28,29)32-35(23,24)25;14-12-8(3-1-2-4-29-34(19,20)21)6-16(13(18)15-12)11-5-9(17)10(31-11)7-30-36(25,26)33-37(27,28)32-35(22,23)24;/h8,11-13,19H,2,4,6-7,9H2,1H3,(H,21,22)(H,26,27)(H,28,29)(H2,16,17,20)(H2,23,24,25);6,9-11,17H,2,4-5,7H2,(H,25,26)(H,27,28)(H2,14,15,18)(H2,19,20,21)(H2,22,23,24);1H4. The average molecular weight is 1240 g/mol. The van der Waals surface area contributed by atoms with Gasteiger partial charge in [0.25, 0.3) is 0 Å². The fraction of sp³-hybridized carbons (Fsp3) is 0.586. The van der Waals surface area contributed by atoms with Gasteiger partial charge in [0.05, 0.1) is 43.2 Å². The van der Waals surface area contributed by atoms with Gasteiger partial charge in [0.2, 0.25) is 0 Å². The van der Waals surface area contributed by atoms with Crippen LogP contribution >= 0.6 is 62.1 Å². The largest absolute Gasteiger partial charge is 0.490 e.